The molecule has 1 aliphatic carbocycles. The van der Waals surface area contributed by atoms with Crippen molar-refractivity contribution in [1.82, 2.24) is 30.6 Å². The maximum Gasteiger partial charge on any atom is 0.272 e. The molecule has 2 heterocycles. The summed E-state index contributed by atoms with van der Waals surface area (Å²) in [6.07, 6.45) is 3.41. The van der Waals surface area contributed by atoms with E-state index in [2.05, 4.69) is 36.6 Å². The van der Waals surface area contributed by atoms with Gasteiger partial charge in [0.2, 0.25) is 11.8 Å². The Labute approximate surface area is 229 Å². The van der Waals surface area contributed by atoms with Crippen LogP contribution < -0.4 is 26.0 Å². The van der Waals surface area contributed by atoms with Gasteiger partial charge < -0.3 is 26.0 Å². The number of aromatic nitrogens is 4. The van der Waals surface area contributed by atoms with Crippen LogP contribution in [0.4, 0.5) is 17.2 Å². The molecule has 0 atom stereocenters. The smallest absolute Gasteiger partial charge is 0.272 e. The molecule has 0 aliphatic heterocycles. The number of hydrogen-bond donors (Lipinski definition) is 4. The molecule has 0 spiro atoms. The van der Waals surface area contributed by atoms with E-state index in [1.165, 1.54) is 20.1 Å². The second kappa shape index (κ2) is 11.6. The molecular formula is C24H25B3N8O4. The minimum atomic E-state index is -1.99. The van der Waals surface area contributed by atoms with Gasteiger partial charge in [0.15, 0.2) is 17.3 Å². The summed E-state index contributed by atoms with van der Waals surface area (Å²) >= 11 is 0. The molecule has 6 radical (unpaired) electrons. The van der Waals surface area contributed by atoms with Crippen LogP contribution in [0.15, 0.2) is 36.5 Å². The fraction of sp³-hybridized carbons (Fsp3) is 0.333. The van der Waals surface area contributed by atoms with Gasteiger partial charge >= 0.3 is 0 Å². The Kier molecular flexibility index (Phi) is 8.27. The quantitative estimate of drug-likeness (QED) is 0.265. The van der Waals surface area contributed by atoms with Gasteiger partial charge in [-0.15, -0.1) is 10.2 Å². The van der Waals surface area contributed by atoms with E-state index in [1.807, 2.05) is 12.1 Å². The number of para-hydroxylation sites is 1. The van der Waals surface area contributed by atoms with Crippen molar-refractivity contribution in [2.24, 2.45) is 5.92 Å². The lowest BCUT2D eigenvalue weighted by Gasteiger charge is -2.23. The number of ether oxygens (including phenoxy) is 1. The van der Waals surface area contributed by atoms with Crippen LogP contribution in [0.25, 0.3) is 11.3 Å². The highest BCUT2D eigenvalue weighted by atomic mass is 16.5. The minimum Gasteiger partial charge on any atom is -0.494 e. The van der Waals surface area contributed by atoms with Crippen molar-refractivity contribution in [3.05, 3.63) is 42.2 Å². The van der Waals surface area contributed by atoms with Crippen molar-refractivity contribution < 1.29 is 19.1 Å². The fourth-order valence-corrected chi connectivity index (χ4v) is 3.72. The highest BCUT2D eigenvalue weighted by Crippen LogP contribution is 2.38. The predicted molar refractivity (Wildman–Crippen MR) is 147 cm³/mol. The van der Waals surface area contributed by atoms with Gasteiger partial charge in [-0.05, 0) is 31.0 Å². The van der Waals surface area contributed by atoms with E-state index >= 15 is 0 Å². The Morgan fingerprint density at radius 3 is 2.56 bits per heavy atom. The molecule has 194 valence electrons. The molecule has 4 N–H and O–H groups in total. The summed E-state index contributed by atoms with van der Waals surface area (Å²) in [5.41, 5.74) is 1.79. The Morgan fingerprint density at radius 2 is 1.90 bits per heavy atom. The summed E-state index contributed by atoms with van der Waals surface area (Å²) in [7, 11) is 18.1. The van der Waals surface area contributed by atoms with Crippen LogP contribution in [0, 0.1) is 5.92 Å². The maximum absolute atomic E-state index is 12.8. The van der Waals surface area contributed by atoms with Crippen molar-refractivity contribution >= 4 is 58.5 Å². The number of benzene rings is 1. The van der Waals surface area contributed by atoms with Crippen molar-refractivity contribution in [3.8, 4) is 17.0 Å². The van der Waals surface area contributed by atoms with Crippen molar-refractivity contribution in [2.75, 3.05) is 24.3 Å². The number of nitrogens with zero attached hydrogens (tertiary/aromatic N) is 4. The molecule has 39 heavy (non-hydrogen) atoms. The number of carbonyl (C=O) groups is 3. The average Bonchev–Trinajstić information content (AvgIpc) is 3.61. The van der Waals surface area contributed by atoms with Gasteiger partial charge in [0.25, 0.3) is 5.91 Å². The van der Waals surface area contributed by atoms with Crippen LogP contribution in [-0.2, 0) is 16.1 Å². The van der Waals surface area contributed by atoms with E-state index in [0.717, 1.165) is 12.8 Å². The normalized spacial score (nSPS) is 12.9. The number of methoxy groups -OCH3 is 1. The van der Waals surface area contributed by atoms with Crippen LogP contribution in [0.2, 0.25) is 0 Å². The third kappa shape index (κ3) is 7.40. The molecule has 1 aliphatic rings. The standard InChI is InChI=1S/C24H25B3N8O4/c1-13(36)28-9-11-35-10-8-16(34-35)15-4-3-5-17(21(15)39-2)29-18-12-19(30-22(37)14-6-7-14)32-33-20(18)23(38)31-24(25,26)27/h3-5,8,10,12,14H,6-7,9,11H2,1-2H3,(H,28,36)(H,31,38)(H2,29,30,32,37). The van der Waals surface area contributed by atoms with E-state index < -0.39 is 11.1 Å². The maximum atomic E-state index is 12.8. The lowest BCUT2D eigenvalue weighted by Crippen LogP contribution is -2.50. The zero-order valence-electron chi connectivity index (χ0n) is 21.5. The lowest BCUT2D eigenvalue weighted by molar-refractivity contribution is -0.119. The first-order valence-corrected chi connectivity index (χ1v) is 12.1. The monoisotopic (exact) mass is 522 g/mol. The van der Waals surface area contributed by atoms with Crippen LogP contribution >= 0.6 is 0 Å². The molecule has 0 saturated heterocycles. The van der Waals surface area contributed by atoms with Crippen LogP contribution in [0.5, 0.6) is 5.75 Å². The van der Waals surface area contributed by atoms with Gasteiger partial charge in [0.1, 0.15) is 0 Å². The van der Waals surface area contributed by atoms with Gasteiger partial charge in [0.05, 0.1) is 54.3 Å². The van der Waals surface area contributed by atoms with Gasteiger partial charge in [-0.25, -0.2) is 0 Å². The molecule has 1 fully saturated rings. The van der Waals surface area contributed by atoms with Crippen LogP contribution in [0.3, 0.4) is 0 Å². The van der Waals surface area contributed by atoms with Crippen molar-refractivity contribution in [2.45, 2.75) is 31.5 Å². The SMILES string of the molecule is [B]C([B])([B])NC(=O)c1nnc(NC(=O)C2CC2)cc1Nc1cccc(-c2ccn(CCNC(C)=O)n2)c1OC. The lowest BCUT2D eigenvalue weighted by atomic mass is 9.49. The number of anilines is 3. The van der Waals surface area contributed by atoms with Gasteiger partial charge in [0, 0.05) is 37.2 Å². The van der Waals surface area contributed by atoms with Crippen LogP contribution in [-0.4, -0.2) is 80.1 Å². The Balaban J connectivity index is 1.65. The van der Waals surface area contributed by atoms with Crippen molar-refractivity contribution in [3.63, 3.8) is 0 Å². The molecule has 0 unspecified atom stereocenters. The summed E-state index contributed by atoms with van der Waals surface area (Å²) in [4.78, 5) is 36.3. The Hall–Kier alpha value is -4.29. The molecule has 12 nitrogen and oxygen atoms in total. The third-order valence-electron chi connectivity index (χ3n) is 5.66. The number of rotatable bonds is 11. The number of hydrogen-bond acceptors (Lipinski definition) is 8. The summed E-state index contributed by atoms with van der Waals surface area (Å²) in [6.45, 7) is 2.37. The highest BCUT2D eigenvalue weighted by molar-refractivity contribution is 6.60. The Bertz CT molecular complexity index is 1390. The molecule has 3 amide bonds. The Morgan fingerprint density at radius 1 is 1.13 bits per heavy atom. The van der Waals surface area contributed by atoms with E-state index in [0.29, 0.717) is 35.8 Å². The molecule has 15 heteroatoms. The summed E-state index contributed by atoms with van der Waals surface area (Å²) in [6, 6.07) is 8.63. The summed E-state index contributed by atoms with van der Waals surface area (Å²) < 4.78 is 7.41. The molecule has 0 bridgehead atoms. The van der Waals surface area contributed by atoms with E-state index in [9.17, 15) is 14.4 Å². The zero-order chi connectivity index (χ0) is 28.2. The van der Waals surface area contributed by atoms with Gasteiger partial charge in [-0.2, -0.15) is 5.10 Å². The molecule has 2 aromatic heterocycles. The van der Waals surface area contributed by atoms with Crippen LogP contribution in [0.1, 0.15) is 30.3 Å². The third-order valence-corrected chi connectivity index (χ3v) is 5.66. The van der Waals surface area contributed by atoms with Gasteiger partial charge in [-0.3, -0.25) is 19.1 Å². The average molecular weight is 522 g/mol. The second-order valence-corrected chi connectivity index (χ2v) is 9.10. The van der Waals surface area contributed by atoms with Gasteiger partial charge in [-0.1, -0.05) is 11.3 Å². The number of nitrogens with one attached hydrogen (secondary N) is 4. The van der Waals surface area contributed by atoms with E-state index in [1.54, 1.807) is 23.0 Å². The first-order chi connectivity index (χ1) is 18.5. The minimum absolute atomic E-state index is 0.0617. The highest BCUT2D eigenvalue weighted by Gasteiger charge is 2.30. The van der Waals surface area contributed by atoms with E-state index in [4.69, 9.17) is 28.3 Å². The topological polar surface area (TPSA) is 152 Å². The molecular weight excluding hydrogens is 497 g/mol. The molecule has 1 aromatic carbocycles. The summed E-state index contributed by atoms with van der Waals surface area (Å²) in [5, 5.41) is 21.3. The molecule has 1 saturated carbocycles. The fourth-order valence-electron chi connectivity index (χ4n) is 3.72. The first-order valence-electron chi connectivity index (χ1n) is 12.1. The first kappa shape index (κ1) is 27.7. The zero-order valence-corrected chi connectivity index (χ0v) is 21.5. The number of carbonyl (C=O) groups excluding carboxylic acids is 3. The van der Waals surface area contributed by atoms with E-state index in [-0.39, 0.29) is 34.9 Å². The predicted octanol–water partition coefficient (Wildman–Crippen LogP) is 0.423. The number of amides is 3. The summed E-state index contributed by atoms with van der Waals surface area (Å²) in [5.74, 6) is -0.558. The molecule has 3 aromatic rings. The second-order valence-electron chi connectivity index (χ2n) is 9.10. The van der Waals surface area contributed by atoms with Crippen molar-refractivity contribution in [1.29, 1.82) is 0 Å². The largest absolute Gasteiger partial charge is 0.494 e. The molecule has 4 rings (SSSR count).